The number of carbonyl (C=O) groups is 2. The Balaban J connectivity index is 1.60. The Labute approximate surface area is 165 Å². The van der Waals surface area contributed by atoms with Crippen LogP contribution < -0.4 is 15.6 Å². The van der Waals surface area contributed by atoms with E-state index >= 15 is 0 Å². The zero-order valence-corrected chi connectivity index (χ0v) is 16.2. The molecule has 3 rings (SSSR count). The minimum absolute atomic E-state index is 0.0436. The van der Waals surface area contributed by atoms with Gasteiger partial charge in [0.25, 0.3) is 0 Å². The number of ether oxygens (including phenoxy) is 1. The van der Waals surface area contributed by atoms with Gasteiger partial charge in [-0.15, -0.1) is 11.8 Å². The molecule has 28 heavy (non-hydrogen) atoms. The maximum absolute atomic E-state index is 13.6. The van der Waals surface area contributed by atoms with Crippen LogP contribution in [0.1, 0.15) is 23.0 Å². The Bertz CT molecular complexity index is 1020. The fourth-order valence-electron chi connectivity index (χ4n) is 2.60. The summed E-state index contributed by atoms with van der Waals surface area (Å²) >= 11 is 1.04. The molecule has 0 aliphatic rings. The summed E-state index contributed by atoms with van der Waals surface area (Å²) in [5.74, 6) is -0.688. The van der Waals surface area contributed by atoms with E-state index < -0.39 is 17.6 Å². The molecule has 0 fully saturated rings. The third-order valence-electron chi connectivity index (χ3n) is 3.94. The number of rotatable bonds is 6. The average molecular weight is 402 g/mol. The summed E-state index contributed by atoms with van der Waals surface area (Å²) in [5.41, 5.74) is 5.82. The molecular weight excluding hydrogens is 383 g/mol. The number of benzene rings is 2. The summed E-state index contributed by atoms with van der Waals surface area (Å²) < 4.78 is 24.6. The van der Waals surface area contributed by atoms with E-state index in [1.165, 1.54) is 6.07 Å². The summed E-state index contributed by atoms with van der Waals surface area (Å²) in [7, 11) is 0. The number of hydrazine groups is 1. The van der Waals surface area contributed by atoms with E-state index in [2.05, 4.69) is 10.9 Å². The summed E-state index contributed by atoms with van der Waals surface area (Å²) in [6, 6.07) is 11.5. The maximum atomic E-state index is 13.6. The molecule has 0 atom stereocenters. The Hall–Kier alpha value is -3.00. The molecule has 0 aliphatic heterocycles. The Morgan fingerprint density at radius 2 is 1.96 bits per heavy atom. The molecule has 0 aliphatic carbocycles. The normalized spacial score (nSPS) is 10.7. The largest absolute Gasteiger partial charge is 0.494 e. The van der Waals surface area contributed by atoms with Gasteiger partial charge < -0.3 is 9.15 Å². The SMILES string of the molecule is CCOc1ccc2oc(C(=O)NNC(=O)CSc3ccccc3F)c(C)c2c1. The highest BCUT2D eigenvalue weighted by Crippen LogP contribution is 2.28. The van der Waals surface area contributed by atoms with Crippen molar-refractivity contribution in [1.29, 1.82) is 0 Å². The molecule has 0 bridgehead atoms. The number of furan rings is 1. The molecule has 1 aromatic heterocycles. The highest BCUT2D eigenvalue weighted by Gasteiger charge is 2.18. The van der Waals surface area contributed by atoms with Crippen LogP contribution >= 0.6 is 11.8 Å². The van der Waals surface area contributed by atoms with Crippen molar-refractivity contribution in [2.75, 3.05) is 12.4 Å². The van der Waals surface area contributed by atoms with Gasteiger partial charge in [0.1, 0.15) is 17.1 Å². The molecule has 2 aromatic carbocycles. The number of amides is 2. The van der Waals surface area contributed by atoms with Gasteiger partial charge in [-0.1, -0.05) is 12.1 Å². The third-order valence-corrected chi connectivity index (χ3v) is 4.98. The van der Waals surface area contributed by atoms with E-state index in [9.17, 15) is 14.0 Å². The van der Waals surface area contributed by atoms with Crippen molar-refractivity contribution in [3.63, 3.8) is 0 Å². The molecule has 0 saturated carbocycles. The van der Waals surface area contributed by atoms with Crippen LogP contribution in [0.25, 0.3) is 11.0 Å². The van der Waals surface area contributed by atoms with Gasteiger partial charge >= 0.3 is 5.91 Å². The lowest BCUT2D eigenvalue weighted by molar-refractivity contribution is -0.119. The lowest BCUT2D eigenvalue weighted by Crippen LogP contribution is -2.42. The number of carbonyl (C=O) groups excluding carboxylic acids is 2. The zero-order chi connectivity index (χ0) is 20.1. The Morgan fingerprint density at radius 3 is 2.71 bits per heavy atom. The van der Waals surface area contributed by atoms with E-state index in [1.807, 2.05) is 6.92 Å². The predicted octanol–water partition coefficient (Wildman–Crippen LogP) is 3.83. The molecule has 3 aromatic rings. The predicted molar refractivity (Wildman–Crippen MR) is 105 cm³/mol. The molecule has 1 heterocycles. The molecule has 8 heteroatoms. The van der Waals surface area contributed by atoms with Gasteiger partial charge in [-0.3, -0.25) is 20.4 Å². The number of hydrogen-bond acceptors (Lipinski definition) is 5. The molecule has 0 spiro atoms. The number of thioether (sulfide) groups is 1. The van der Waals surface area contributed by atoms with Crippen molar-refractivity contribution in [3.05, 3.63) is 59.6 Å². The van der Waals surface area contributed by atoms with E-state index in [0.717, 1.165) is 17.1 Å². The molecule has 0 radical (unpaired) electrons. The van der Waals surface area contributed by atoms with E-state index in [-0.39, 0.29) is 11.5 Å². The second-order valence-electron chi connectivity index (χ2n) is 5.87. The second kappa shape index (κ2) is 8.79. The second-order valence-corrected chi connectivity index (χ2v) is 6.89. The lowest BCUT2D eigenvalue weighted by atomic mass is 10.1. The number of hydrogen-bond donors (Lipinski definition) is 2. The fourth-order valence-corrected chi connectivity index (χ4v) is 3.34. The van der Waals surface area contributed by atoms with Gasteiger partial charge in [0.2, 0.25) is 5.91 Å². The summed E-state index contributed by atoms with van der Waals surface area (Å²) in [6.45, 7) is 4.18. The third kappa shape index (κ3) is 4.45. The maximum Gasteiger partial charge on any atom is 0.305 e. The molecule has 0 unspecified atom stereocenters. The highest BCUT2D eigenvalue weighted by atomic mass is 32.2. The Kier molecular flexibility index (Phi) is 6.20. The van der Waals surface area contributed by atoms with Crippen LogP contribution in [0.5, 0.6) is 5.75 Å². The van der Waals surface area contributed by atoms with Crippen molar-refractivity contribution in [2.24, 2.45) is 0 Å². The fraction of sp³-hybridized carbons (Fsp3) is 0.200. The van der Waals surface area contributed by atoms with Gasteiger partial charge in [0.05, 0.1) is 12.4 Å². The van der Waals surface area contributed by atoms with Gasteiger partial charge in [0.15, 0.2) is 5.76 Å². The molecule has 146 valence electrons. The molecule has 2 N–H and O–H groups in total. The van der Waals surface area contributed by atoms with Gasteiger partial charge in [-0.05, 0) is 44.2 Å². The van der Waals surface area contributed by atoms with Crippen LogP contribution in [0.2, 0.25) is 0 Å². The molecular formula is C20H19FN2O4S. The number of nitrogens with one attached hydrogen (secondary N) is 2. The minimum Gasteiger partial charge on any atom is -0.494 e. The number of fused-ring (bicyclic) bond motifs is 1. The van der Waals surface area contributed by atoms with Gasteiger partial charge in [-0.25, -0.2) is 4.39 Å². The Morgan fingerprint density at radius 1 is 1.18 bits per heavy atom. The monoisotopic (exact) mass is 402 g/mol. The topological polar surface area (TPSA) is 80.6 Å². The summed E-state index contributed by atoms with van der Waals surface area (Å²) in [6.07, 6.45) is 0. The van der Waals surface area contributed by atoms with E-state index in [4.69, 9.17) is 9.15 Å². The minimum atomic E-state index is -0.573. The van der Waals surface area contributed by atoms with E-state index in [0.29, 0.717) is 28.4 Å². The van der Waals surface area contributed by atoms with Crippen molar-refractivity contribution in [2.45, 2.75) is 18.7 Å². The lowest BCUT2D eigenvalue weighted by Gasteiger charge is -2.06. The summed E-state index contributed by atoms with van der Waals surface area (Å²) in [4.78, 5) is 24.6. The van der Waals surface area contributed by atoms with Crippen molar-refractivity contribution in [3.8, 4) is 5.75 Å². The van der Waals surface area contributed by atoms with Crippen molar-refractivity contribution >= 4 is 34.5 Å². The quantitative estimate of drug-likeness (QED) is 0.484. The zero-order valence-electron chi connectivity index (χ0n) is 15.4. The van der Waals surface area contributed by atoms with Crippen LogP contribution in [0.4, 0.5) is 4.39 Å². The van der Waals surface area contributed by atoms with Crippen molar-refractivity contribution < 1.29 is 23.1 Å². The van der Waals surface area contributed by atoms with Crippen LogP contribution in [-0.4, -0.2) is 24.2 Å². The highest BCUT2D eigenvalue weighted by molar-refractivity contribution is 8.00. The standard InChI is InChI=1S/C20H19FN2O4S/c1-3-26-13-8-9-16-14(10-13)12(2)19(27-16)20(25)23-22-18(24)11-28-17-7-5-4-6-15(17)21/h4-10H,3,11H2,1-2H3,(H,22,24)(H,23,25). The van der Waals surface area contributed by atoms with Crippen LogP contribution in [0.15, 0.2) is 51.8 Å². The number of halogens is 1. The molecule has 6 nitrogen and oxygen atoms in total. The molecule has 2 amide bonds. The first-order valence-corrected chi connectivity index (χ1v) is 9.60. The van der Waals surface area contributed by atoms with Gasteiger partial charge in [0, 0.05) is 15.8 Å². The van der Waals surface area contributed by atoms with Crippen molar-refractivity contribution in [1.82, 2.24) is 10.9 Å². The first-order chi connectivity index (χ1) is 13.5. The van der Waals surface area contributed by atoms with E-state index in [1.54, 1.807) is 43.3 Å². The summed E-state index contributed by atoms with van der Waals surface area (Å²) in [5, 5.41) is 0.762. The van der Waals surface area contributed by atoms with Crippen LogP contribution in [-0.2, 0) is 4.79 Å². The van der Waals surface area contributed by atoms with Gasteiger partial charge in [-0.2, -0.15) is 0 Å². The smallest absolute Gasteiger partial charge is 0.305 e. The first-order valence-electron chi connectivity index (χ1n) is 8.62. The van der Waals surface area contributed by atoms with Crippen LogP contribution in [0, 0.1) is 12.7 Å². The average Bonchev–Trinajstić information content (AvgIpc) is 3.02. The number of aryl methyl sites for hydroxylation is 1. The van der Waals surface area contributed by atoms with Crippen LogP contribution in [0.3, 0.4) is 0 Å². The molecule has 0 saturated heterocycles. The first kappa shape index (κ1) is 19.8.